The van der Waals surface area contributed by atoms with Crippen LogP contribution in [0.1, 0.15) is 49.0 Å². The Morgan fingerprint density at radius 1 is 0.953 bits per heavy atom. The van der Waals surface area contributed by atoms with Gasteiger partial charge in [-0.2, -0.15) is 0 Å². The quantitative estimate of drug-likeness (QED) is 0.394. The van der Waals surface area contributed by atoms with Crippen LogP contribution in [0, 0.1) is 11.8 Å². The van der Waals surface area contributed by atoms with Gasteiger partial charge in [0.1, 0.15) is 0 Å². The molecule has 9 heteroatoms. The molecule has 3 saturated heterocycles. The van der Waals surface area contributed by atoms with Crippen LogP contribution < -0.4 is 4.90 Å². The molecule has 1 amide bonds. The van der Waals surface area contributed by atoms with Crippen molar-refractivity contribution < 1.29 is 19.4 Å². The van der Waals surface area contributed by atoms with Gasteiger partial charge in [0.2, 0.25) is 0 Å². The first-order chi connectivity index (χ1) is 20.8. The number of hydrogen-bond acceptors (Lipinski definition) is 6. The molecule has 43 heavy (non-hydrogen) atoms. The van der Waals surface area contributed by atoms with Crippen LogP contribution in [0.2, 0.25) is 5.02 Å². The van der Waals surface area contributed by atoms with Crippen molar-refractivity contribution in [2.75, 3.05) is 63.9 Å². The molecule has 6 rings (SSSR count). The lowest BCUT2D eigenvalue weighted by Crippen LogP contribution is -2.50. The summed E-state index contributed by atoms with van der Waals surface area (Å²) in [5.74, 6) is 0.741. The van der Waals surface area contributed by atoms with Crippen molar-refractivity contribution in [2.45, 2.75) is 45.2 Å². The number of nitrogens with zero attached hydrogens (tertiary/aromatic N) is 4. The summed E-state index contributed by atoms with van der Waals surface area (Å²) in [5, 5.41) is 10.3. The van der Waals surface area contributed by atoms with E-state index in [2.05, 4.69) is 33.8 Å². The predicted molar refractivity (Wildman–Crippen MR) is 170 cm³/mol. The molecule has 3 heterocycles. The molecule has 2 aromatic carbocycles. The maximum atomic E-state index is 12.0. The Balaban J connectivity index is 1.16. The summed E-state index contributed by atoms with van der Waals surface area (Å²) >= 11 is 6.31. The lowest BCUT2D eigenvalue weighted by molar-refractivity contribution is 0.0526. The number of anilines is 1. The fourth-order valence-electron chi connectivity index (χ4n) is 7.84. The van der Waals surface area contributed by atoms with Crippen LogP contribution in [0.25, 0.3) is 5.57 Å². The SMILES string of the molecule is CCOC(=O)c1ccc(N2CCN(CC3=C(c4ccc(Cl)cc4)C(CN4C[C@@H]5C[C@H]4CN5C(=O)O)CC(C)C3)CC2)cc1. The third-order valence-corrected chi connectivity index (χ3v) is 10.1. The highest BCUT2D eigenvalue weighted by molar-refractivity contribution is 6.30. The lowest BCUT2D eigenvalue weighted by Gasteiger charge is -2.41. The Bertz CT molecular complexity index is 1340. The molecule has 1 aliphatic carbocycles. The first kappa shape index (κ1) is 30.0. The number of hydrogen-bond donors (Lipinski definition) is 1. The number of fused-ring (bicyclic) bond motifs is 2. The van der Waals surface area contributed by atoms with Gasteiger partial charge in [0.25, 0.3) is 0 Å². The van der Waals surface area contributed by atoms with Gasteiger partial charge in [-0.3, -0.25) is 9.80 Å². The number of piperazine rings is 2. The molecule has 1 N–H and O–H groups in total. The minimum Gasteiger partial charge on any atom is -0.465 e. The van der Waals surface area contributed by atoms with E-state index in [-0.39, 0.29) is 12.0 Å². The van der Waals surface area contributed by atoms with E-state index in [1.165, 1.54) is 16.7 Å². The first-order valence-electron chi connectivity index (χ1n) is 15.7. The van der Waals surface area contributed by atoms with Gasteiger partial charge in [0, 0.05) is 75.2 Å². The summed E-state index contributed by atoms with van der Waals surface area (Å²) in [6, 6.07) is 16.6. The van der Waals surface area contributed by atoms with E-state index < -0.39 is 6.09 Å². The number of halogens is 1. The van der Waals surface area contributed by atoms with Crippen molar-refractivity contribution in [3.8, 4) is 0 Å². The van der Waals surface area contributed by atoms with Crippen molar-refractivity contribution in [1.29, 1.82) is 0 Å². The monoisotopic (exact) mass is 606 g/mol. The third-order valence-electron chi connectivity index (χ3n) is 9.81. The standard InChI is InChI=1S/C34H43ClN4O4/c1-3-43-33(40)25-6-10-29(11-7-25)37-14-12-36(13-15-37)19-26-16-23(2)17-27(32(26)24-4-8-28(35)9-5-24)20-38-21-31-18-30(38)22-39(31)34(41)42/h4-11,23,27,30-31H,3,12-22H2,1-2H3,(H,41,42)/t23?,27?,30-,31-/m0/s1. The maximum absolute atomic E-state index is 12.0. The van der Waals surface area contributed by atoms with Crippen molar-refractivity contribution >= 4 is 34.9 Å². The average Bonchev–Trinajstić information content (AvgIpc) is 3.60. The molecule has 2 bridgehead atoms. The Kier molecular flexibility index (Phi) is 8.98. The number of carbonyl (C=O) groups excluding carboxylic acids is 1. The summed E-state index contributed by atoms with van der Waals surface area (Å²) in [5.41, 5.74) is 6.02. The van der Waals surface area contributed by atoms with Crippen LogP contribution in [0.4, 0.5) is 10.5 Å². The number of ether oxygens (including phenoxy) is 1. The lowest BCUT2D eigenvalue weighted by atomic mass is 9.74. The van der Waals surface area contributed by atoms with Crippen molar-refractivity contribution in [3.63, 3.8) is 0 Å². The highest BCUT2D eigenvalue weighted by Gasteiger charge is 2.46. The molecule has 4 atom stereocenters. The Morgan fingerprint density at radius 2 is 1.67 bits per heavy atom. The predicted octanol–water partition coefficient (Wildman–Crippen LogP) is 5.58. The van der Waals surface area contributed by atoms with Gasteiger partial charge in [-0.05, 0) is 85.6 Å². The molecule has 8 nitrogen and oxygen atoms in total. The minimum absolute atomic E-state index is 0.128. The topological polar surface area (TPSA) is 76.6 Å². The second-order valence-electron chi connectivity index (χ2n) is 12.7. The number of carboxylic acid groups (broad SMARTS) is 1. The van der Waals surface area contributed by atoms with E-state index in [0.29, 0.717) is 36.6 Å². The molecule has 2 unspecified atom stereocenters. The zero-order valence-electron chi connectivity index (χ0n) is 25.3. The van der Waals surface area contributed by atoms with Crippen LogP contribution in [-0.2, 0) is 4.74 Å². The van der Waals surface area contributed by atoms with E-state index in [1.54, 1.807) is 4.90 Å². The second-order valence-corrected chi connectivity index (χ2v) is 13.2. The molecule has 0 saturated carbocycles. The highest BCUT2D eigenvalue weighted by atomic mass is 35.5. The average molecular weight is 607 g/mol. The molecule has 4 aliphatic rings. The van der Waals surface area contributed by atoms with Gasteiger partial charge in [-0.25, -0.2) is 9.59 Å². The van der Waals surface area contributed by atoms with Gasteiger partial charge < -0.3 is 19.6 Å². The van der Waals surface area contributed by atoms with Gasteiger partial charge in [0.05, 0.1) is 12.2 Å². The highest BCUT2D eigenvalue weighted by Crippen LogP contribution is 2.43. The van der Waals surface area contributed by atoms with Crippen LogP contribution in [0.15, 0.2) is 54.1 Å². The third kappa shape index (κ3) is 6.56. The smallest absolute Gasteiger partial charge is 0.407 e. The molecule has 3 aliphatic heterocycles. The van der Waals surface area contributed by atoms with Crippen LogP contribution in [-0.4, -0.2) is 103 Å². The zero-order chi connectivity index (χ0) is 30.1. The van der Waals surface area contributed by atoms with E-state index in [1.807, 2.05) is 43.3 Å². The van der Waals surface area contributed by atoms with E-state index >= 15 is 0 Å². The summed E-state index contributed by atoms with van der Waals surface area (Å²) in [6.07, 6.45) is 2.42. The fourth-order valence-corrected chi connectivity index (χ4v) is 7.96. The zero-order valence-corrected chi connectivity index (χ0v) is 26.0. The fraction of sp³-hybridized carbons (Fsp3) is 0.529. The van der Waals surface area contributed by atoms with Crippen LogP contribution >= 0.6 is 11.6 Å². The summed E-state index contributed by atoms with van der Waals surface area (Å²) in [6.45, 7) is 11.9. The second kappa shape index (κ2) is 12.9. The number of benzene rings is 2. The van der Waals surface area contributed by atoms with Crippen LogP contribution in [0.5, 0.6) is 0 Å². The minimum atomic E-state index is -0.781. The first-order valence-corrected chi connectivity index (χ1v) is 16.1. The number of esters is 1. The van der Waals surface area contributed by atoms with Gasteiger partial charge in [-0.1, -0.05) is 36.2 Å². The molecule has 0 aromatic heterocycles. The number of likely N-dealkylation sites (tertiary alicyclic amines) is 2. The van der Waals surface area contributed by atoms with Crippen molar-refractivity contribution in [3.05, 3.63) is 70.3 Å². The summed E-state index contributed by atoms with van der Waals surface area (Å²) < 4.78 is 5.13. The Labute approximate surface area is 259 Å². The number of carbonyl (C=O) groups is 2. The van der Waals surface area contributed by atoms with Gasteiger partial charge in [-0.15, -0.1) is 0 Å². The molecular formula is C34H43ClN4O4. The summed E-state index contributed by atoms with van der Waals surface area (Å²) in [4.78, 5) is 32.9. The normalized spacial score (nSPS) is 26.3. The molecule has 0 spiro atoms. The molecule has 230 valence electrons. The van der Waals surface area contributed by atoms with E-state index in [4.69, 9.17) is 16.3 Å². The van der Waals surface area contributed by atoms with E-state index in [9.17, 15) is 14.7 Å². The molecule has 2 aromatic rings. The van der Waals surface area contributed by atoms with Crippen molar-refractivity contribution in [1.82, 2.24) is 14.7 Å². The Morgan fingerprint density at radius 3 is 2.30 bits per heavy atom. The largest absolute Gasteiger partial charge is 0.465 e. The van der Waals surface area contributed by atoms with Gasteiger partial charge >= 0.3 is 12.1 Å². The number of amides is 1. The Hall–Kier alpha value is -3.07. The van der Waals surface area contributed by atoms with E-state index in [0.717, 1.165) is 75.8 Å². The molecule has 0 radical (unpaired) electrons. The van der Waals surface area contributed by atoms with Gasteiger partial charge in [0.15, 0.2) is 0 Å². The molecule has 3 fully saturated rings. The maximum Gasteiger partial charge on any atom is 0.407 e. The van der Waals surface area contributed by atoms with Crippen LogP contribution in [0.3, 0.4) is 0 Å². The number of rotatable bonds is 8. The molecular weight excluding hydrogens is 564 g/mol. The summed E-state index contributed by atoms with van der Waals surface area (Å²) in [7, 11) is 0. The van der Waals surface area contributed by atoms with Crippen molar-refractivity contribution in [2.24, 2.45) is 11.8 Å².